The van der Waals surface area contributed by atoms with Crippen LogP contribution in [0.1, 0.15) is 10.4 Å². The molecule has 1 aromatic heterocycles. The molecule has 0 saturated heterocycles. The smallest absolute Gasteiger partial charge is 0.345 e. The van der Waals surface area contributed by atoms with Crippen molar-refractivity contribution < 1.29 is 18.0 Å². The molecule has 0 saturated carbocycles. The van der Waals surface area contributed by atoms with Crippen LogP contribution >= 0.6 is 0 Å². The molecule has 0 fully saturated rings. The number of alkyl halides is 3. The van der Waals surface area contributed by atoms with E-state index in [4.69, 9.17) is 0 Å². The maximum atomic E-state index is 12.2. The Hall–Kier alpha value is -2.05. The minimum absolute atomic E-state index is 0.193. The van der Waals surface area contributed by atoms with E-state index in [0.29, 0.717) is 15.9 Å². The fourth-order valence-electron chi connectivity index (χ4n) is 1.63. The molecule has 1 aromatic carbocycles. The largest absolute Gasteiger partial charge is 0.406 e. The number of carbonyl (C=O) groups is 1. The van der Waals surface area contributed by atoms with Gasteiger partial charge in [0.1, 0.15) is 6.54 Å². The normalized spacial score (nSPS) is 11.8. The van der Waals surface area contributed by atoms with Crippen LogP contribution < -0.4 is 0 Å². The molecule has 0 aliphatic rings. The van der Waals surface area contributed by atoms with Crippen LogP contribution in [0.3, 0.4) is 0 Å². The fraction of sp³-hybridized carbons (Fsp3) is 0.273. The van der Waals surface area contributed by atoms with Gasteiger partial charge in [0.15, 0.2) is 0 Å². The van der Waals surface area contributed by atoms with Crippen molar-refractivity contribution >= 4 is 16.9 Å². The highest BCUT2D eigenvalue weighted by molar-refractivity contribution is 5.97. The number of amides is 1. The van der Waals surface area contributed by atoms with Crippen LogP contribution in [-0.2, 0) is 0 Å². The monoisotopic (exact) mass is 257 g/mol. The molecule has 1 heterocycles. The molecule has 2 rings (SSSR count). The van der Waals surface area contributed by atoms with Gasteiger partial charge in [-0.2, -0.15) is 13.2 Å². The van der Waals surface area contributed by atoms with Crippen molar-refractivity contribution in [2.24, 2.45) is 0 Å². The molecule has 1 amide bonds. The summed E-state index contributed by atoms with van der Waals surface area (Å²) in [7, 11) is 1.12. The van der Waals surface area contributed by atoms with Gasteiger partial charge in [0.2, 0.25) is 0 Å². The van der Waals surface area contributed by atoms with Crippen LogP contribution in [-0.4, -0.2) is 40.5 Å². The van der Waals surface area contributed by atoms with E-state index in [9.17, 15) is 18.0 Å². The fourth-order valence-corrected chi connectivity index (χ4v) is 1.63. The van der Waals surface area contributed by atoms with Gasteiger partial charge in [-0.05, 0) is 18.2 Å². The van der Waals surface area contributed by atoms with Crippen LogP contribution in [0.5, 0.6) is 0 Å². The van der Waals surface area contributed by atoms with Crippen molar-refractivity contribution in [3.05, 3.63) is 30.1 Å². The van der Waals surface area contributed by atoms with E-state index in [1.807, 2.05) is 0 Å². The Labute approximate surface area is 100 Å². The van der Waals surface area contributed by atoms with Crippen molar-refractivity contribution in [1.29, 1.82) is 0 Å². The van der Waals surface area contributed by atoms with Crippen LogP contribution in [0, 0.1) is 0 Å². The lowest BCUT2D eigenvalue weighted by Crippen LogP contribution is -2.35. The summed E-state index contributed by atoms with van der Waals surface area (Å²) >= 11 is 0. The van der Waals surface area contributed by atoms with E-state index in [2.05, 4.69) is 9.97 Å². The molecular formula is C11H10F3N3O. The minimum Gasteiger partial charge on any atom is -0.345 e. The second-order valence-electron chi connectivity index (χ2n) is 3.91. The van der Waals surface area contributed by atoms with Crippen molar-refractivity contribution in [1.82, 2.24) is 14.9 Å². The second-order valence-corrected chi connectivity index (χ2v) is 3.91. The zero-order chi connectivity index (χ0) is 13.3. The maximum Gasteiger partial charge on any atom is 0.406 e. The van der Waals surface area contributed by atoms with Crippen LogP contribution in [0.2, 0.25) is 0 Å². The average molecular weight is 257 g/mol. The van der Waals surface area contributed by atoms with Gasteiger partial charge >= 0.3 is 6.18 Å². The number of imidazole rings is 1. The summed E-state index contributed by atoms with van der Waals surface area (Å²) in [4.78, 5) is 19.2. The summed E-state index contributed by atoms with van der Waals surface area (Å²) in [5, 5.41) is 0. The molecular weight excluding hydrogens is 247 g/mol. The predicted molar refractivity (Wildman–Crippen MR) is 59.1 cm³/mol. The van der Waals surface area contributed by atoms with Crippen molar-refractivity contribution in [2.45, 2.75) is 6.18 Å². The number of hydrogen-bond acceptors (Lipinski definition) is 2. The number of hydrogen-bond donors (Lipinski definition) is 1. The number of nitrogens with one attached hydrogen (secondary N) is 1. The molecule has 0 bridgehead atoms. The van der Waals surface area contributed by atoms with Gasteiger partial charge in [-0.3, -0.25) is 4.79 Å². The average Bonchev–Trinajstić information content (AvgIpc) is 2.72. The highest BCUT2D eigenvalue weighted by Crippen LogP contribution is 2.18. The van der Waals surface area contributed by atoms with Crippen molar-refractivity contribution in [3.63, 3.8) is 0 Å². The third-order valence-corrected chi connectivity index (χ3v) is 2.43. The summed E-state index contributed by atoms with van der Waals surface area (Å²) < 4.78 is 36.5. The molecule has 0 aliphatic carbocycles. The zero-order valence-electron chi connectivity index (χ0n) is 9.45. The summed E-state index contributed by atoms with van der Waals surface area (Å²) in [6, 6.07) is 4.52. The topological polar surface area (TPSA) is 49.0 Å². The molecule has 1 N–H and O–H groups in total. The van der Waals surface area contributed by atoms with Crippen molar-refractivity contribution in [3.8, 4) is 0 Å². The standard InChI is InChI=1S/C11H10F3N3O/c1-17(5-11(12,13)14)10(18)7-2-3-8-9(4-7)16-6-15-8/h2-4,6H,5H2,1H3,(H,15,16). The molecule has 0 radical (unpaired) electrons. The van der Waals surface area contributed by atoms with Crippen LogP contribution in [0.25, 0.3) is 11.0 Å². The van der Waals surface area contributed by atoms with Gasteiger partial charge in [-0.25, -0.2) is 4.98 Å². The molecule has 0 unspecified atom stereocenters. The lowest BCUT2D eigenvalue weighted by atomic mass is 10.2. The number of rotatable bonds is 2. The number of aromatic amines is 1. The number of fused-ring (bicyclic) bond motifs is 1. The quantitative estimate of drug-likeness (QED) is 0.896. The highest BCUT2D eigenvalue weighted by atomic mass is 19.4. The number of benzene rings is 1. The lowest BCUT2D eigenvalue weighted by Gasteiger charge is -2.18. The number of H-pyrrole nitrogens is 1. The summed E-state index contributed by atoms with van der Waals surface area (Å²) in [6.45, 7) is -1.27. The maximum absolute atomic E-state index is 12.2. The zero-order valence-corrected chi connectivity index (χ0v) is 9.45. The second kappa shape index (κ2) is 4.32. The van der Waals surface area contributed by atoms with E-state index < -0.39 is 18.6 Å². The third kappa shape index (κ3) is 2.61. The summed E-state index contributed by atoms with van der Waals surface area (Å²) in [5.74, 6) is -0.677. The highest BCUT2D eigenvalue weighted by Gasteiger charge is 2.31. The van der Waals surface area contributed by atoms with Gasteiger partial charge in [0.05, 0.1) is 17.4 Å². The van der Waals surface area contributed by atoms with E-state index in [0.717, 1.165) is 7.05 Å². The van der Waals surface area contributed by atoms with Gasteiger partial charge < -0.3 is 9.88 Å². The number of carbonyl (C=O) groups excluding carboxylic acids is 1. The number of aromatic nitrogens is 2. The molecule has 4 nitrogen and oxygen atoms in total. The first-order valence-electron chi connectivity index (χ1n) is 5.12. The first-order chi connectivity index (χ1) is 8.37. The molecule has 7 heteroatoms. The summed E-state index contributed by atoms with van der Waals surface area (Å²) in [6.07, 6.45) is -2.94. The molecule has 0 spiro atoms. The van der Waals surface area contributed by atoms with Crippen molar-refractivity contribution in [2.75, 3.05) is 13.6 Å². The molecule has 0 aliphatic heterocycles. The Morgan fingerprint density at radius 1 is 1.44 bits per heavy atom. The molecule has 18 heavy (non-hydrogen) atoms. The Bertz CT molecular complexity index is 576. The summed E-state index contributed by atoms with van der Waals surface area (Å²) in [5.41, 5.74) is 1.46. The SMILES string of the molecule is CN(CC(F)(F)F)C(=O)c1ccc2nc[nH]c2c1. The van der Waals surface area contributed by atoms with Crippen LogP contribution in [0.4, 0.5) is 13.2 Å². The first-order valence-corrected chi connectivity index (χ1v) is 5.12. The number of nitrogens with zero attached hydrogens (tertiary/aromatic N) is 2. The van der Waals surface area contributed by atoms with Gasteiger partial charge in [0.25, 0.3) is 5.91 Å². The van der Waals surface area contributed by atoms with E-state index >= 15 is 0 Å². The van der Waals surface area contributed by atoms with E-state index in [1.165, 1.54) is 18.5 Å². The van der Waals surface area contributed by atoms with Gasteiger partial charge in [-0.15, -0.1) is 0 Å². The van der Waals surface area contributed by atoms with E-state index in [1.54, 1.807) is 6.07 Å². The number of halogens is 3. The molecule has 0 atom stereocenters. The molecule has 96 valence electrons. The first kappa shape index (κ1) is 12.4. The lowest BCUT2D eigenvalue weighted by molar-refractivity contribution is -0.138. The Morgan fingerprint density at radius 3 is 2.83 bits per heavy atom. The Morgan fingerprint density at radius 2 is 2.17 bits per heavy atom. The van der Waals surface area contributed by atoms with Gasteiger partial charge in [0, 0.05) is 12.6 Å². The van der Waals surface area contributed by atoms with Crippen LogP contribution in [0.15, 0.2) is 24.5 Å². The predicted octanol–water partition coefficient (Wildman–Crippen LogP) is 2.20. The Balaban J connectivity index is 2.22. The van der Waals surface area contributed by atoms with E-state index in [-0.39, 0.29) is 5.56 Å². The van der Waals surface area contributed by atoms with Gasteiger partial charge in [-0.1, -0.05) is 0 Å². The Kier molecular flexibility index (Phi) is 2.98. The third-order valence-electron chi connectivity index (χ3n) is 2.43. The minimum atomic E-state index is -4.40. The molecule has 2 aromatic rings.